The zero-order valence-corrected chi connectivity index (χ0v) is 6.22. The molecule has 0 bridgehead atoms. The van der Waals surface area contributed by atoms with Gasteiger partial charge in [-0.1, -0.05) is 0 Å². The van der Waals surface area contributed by atoms with E-state index in [-0.39, 0.29) is 0 Å². The average molecular weight is 156 g/mol. The van der Waals surface area contributed by atoms with Gasteiger partial charge in [-0.2, -0.15) is 0 Å². The van der Waals surface area contributed by atoms with Crippen molar-refractivity contribution in [2.75, 3.05) is 6.61 Å². The van der Waals surface area contributed by atoms with Crippen LogP contribution in [0.4, 0.5) is 0 Å². The second-order valence-electron chi connectivity index (χ2n) is 1.52. The molecule has 0 amide bonds. The minimum Gasteiger partial charge on any atom is -0.478 e. The number of rotatable bonds is 0. The van der Waals surface area contributed by atoms with Crippen LogP contribution in [0.2, 0.25) is 0 Å². The van der Waals surface area contributed by atoms with Gasteiger partial charge >= 0.3 is 0 Å². The zero-order valence-electron chi connectivity index (χ0n) is 4.59. The Labute approximate surface area is 64.0 Å². The van der Waals surface area contributed by atoms with E-state index in [9.17, 15) is 0 Å². The highest BCUT2D eigenvalue weighted by molar-refractivity contribution is 7.81. The van der Waals surface area contributed by atoms with Gasteiger partial charge < -0.3 is 4.74 Å². The maximum absolute atomic E-state index is 4.96. The second kappa shape index (κ2) is 2.87. The Balaban J connectivity index is 2.94. The maximum Gasteiger partial charge on any atom is 0.200 e. The van der Waals surface area contributed by atoms with E-state index in [2.05, 4.69) is 17.2 Å². The Kier molecular flexibility index (Phi) is 2.11. The van der Waals surface area contributed by atoms with Gasteiger partial charge in [-0.05, 0) is 41.6 Å². The molecular weight excluding hydrogens is 152 g/mol. The standard InChI is InChI=1S/C6H4OS2/c8-4-5-2-1-3-7-6(5)9/h1-2H,3H2. The summed E-state index contributed by atoms with van der Waals surface area (Å²) in [5.41, 5.74) is 0.700. The third kappa shape index (κ3) is 1.45. The molecule has 0 fully saturated rings. The van der Waals surface area contributed by atoms with E-state index in [1.807, 2.05) is 12.2 Å². The van der Waals surface area contributed by atoms with E-state index >= 15 is 0 Å². The minimum absolute atomic E-state index is 0.451. The lowest BCUT2D eigenvalue weighted by atomic mass is 10.2. The highest BCUT2D eigenvalue weighted by Gasteiger charge is 2.04. The van der Waals surface area contributed by atoms with Crippen molar-refractivity contribution in [3.8, 4) is 0 Å². The second-order valence-corrected chi connectivity index (χ2v) is 2.09. The van der Waals surface area contributed by atoms with Crippen molar-refractivity contribution in [1.29, 1.82) is 0 Å². The van der Waals surface area contributed by atoms with Crippen LogP contribution in [0.25, 0.3) is 0 Å². The third-order valence-corrected chi connectivity index (χ3v) is 1.48. The van der Waals surface area contributed by atoms with Crippen LogP contribution >= 0.6 is 24.4 Å². The molecule has 1 nitrogen and oxygen atoms in total. The van der Waals surface area contributed by atoms with Crippen molar-refractivity contribution in [3.05, 3.63) is 17.7 Å². The Morgan fingerprint density at radius 3 is 2.89 bits per heavy atom. The summed E-state index contributed by atoms with van der Waals surface area (Å²) in [4.78, 5) is 0. The van der Waals surface area contributed by atoms with Gasteiger partial charge in [0.25, 0.3) is 0 Å². The summed E-state index contributed by atoms with van der Waals surface area (Å²) in [6.45, 7) is 0.555. The molecule has 0 N–H and O–H groups in total. The van der Waals surface area contributed by atoms with Crippen LogP contribution < -0.4 is 0 Å². The van der Waals surface area contributed by atoms with E-state index in [1.54, 1.807) is 0 Å². The normalized spacial score (nSPS) is 16.9. The zero-order chi connectivity index (χ0) is 6.69. The average Bonchev–Trinajstić information content (AvgIpc) is 1.89. The van der Waals surface area contributed by atoms with Crippen LogP contribution in [0.3, 0.4) is 0 Å². The van der Waals surface area contributed by atoms with Crippen LogP contribution in [0.1, 0.15) is 0 Å². The molecule has 1 aliphatic rings. The quantitative estimate of drug-likeness (QED) is 0.388. The molecule has 9 heavy (non-hydrogen) atoms. The summed E-state index contributed by atoms with van der Waals surface area (Å²) in [5, 5.41) is 2.95. The van der Waals surface area contributed by atoms with Gasteiger partial charge in [0.05, 0.1) is 5.57 Å². The Morgan fingerprint density at radius 1 is 1.67 bits per heavy atom. The summed E-state index contributed by atoms with van der Waals surface area (Å²) < 4.78 is 4.96. The summed E-state index contributed by atoms with van der Waals surface area (Å²) in [6.07, 6.45) is 3.67. The van der Waals surface area contributed by atoms with Crippen LogP contribution in [-0.2, 0) is 4.74 Å². The Morgan fingerprint density at radius 2 is 2.44 bits per heavy atom. The molecule has 0 aromatic rings. The molecule has 0 aromatic heterocycles. The molecule has 46 valence electrons. The number of ether oxygens (including phenoxy) is 1. The van der Waals surface area contributed by atoms with Gasteiger partial charge in [-0.3, -0.25) is 0 Å². The van der Waals surface area contributed by atoms with E-state index in [4.69, 9.17) is 17.0 Å². The summed E-state index contributed by atoms with van der Waals surface area (Å²) in [6, 6.07) is 0. The van der Waals surface area contributed by atoms with Crippen molar-refractivity contribution in [3.63, 3.8) is 0 Å². The Hall–Kier alpha value is -0.500. The molecule has 0 unspecified atom stereocenters. The predicted molar refractivity (Wildman–Crippen MR) is 43.8 cm³/mol. The highest BCUT2D eigenvalue weighted by Crippen LogP contribution is 2.04. The first-order valence-corrected chi connectivity index (χ1v) is 3.25. The fourth-order valence-electron chi connectivity index (χ4n) is 0.511. The van der Waals surface area contributed by atoms with E-state index in [1.165, 1.54) is 0 Å². The lowest BCUT2D eigenvalue weighted by molar-refractivity contribution is 0.357. The van der Waals surface area contributed by atoms with Crippen LogP contribution in [-0.4, -0.2) is 16.7 Å². The van der Waals surface area contributed by atoms with Crippen molar-refractivity contribution < 1.29 is 4.74 Å². The molecule has 0 atom stereocenters. The SMILES string of the molecule is S=C=C1C=CCOC1=S. The van der Waals surface area contributed by atoms with Crippen molar-refractivity contribution in [2.24, 2.45) is 0 Å². The molecule has 0 aromatic carbocycles. The molecule has 0 radical (unpaired) electrons. The molecule has 1 aliphatic heterocycles. The first-order valence-electron chi connectivity index (χ1n) is 2.43. The first kappa shape index (κ1) is 6.62. The Bertz CT molecular complexity index is 211. The lowest BCUT2D eigenvalue weighted by Crippen LogP contribution is -2.08. The van der Waals surface area contributed by atoms with Gasteiger partial charge in [0.2, 0.25) is 0 Å². The van der Waals surface area contributed by atoms with Crippen molar-refractivity contribution in [2.45, 2.75) is 0 Å². The molecule has 1 heterocycles. The summed E-state index contributed by atoms with van der Waals surface area (Å²) in [7, 11) is 0. The summed E-state index contributed by atoms with van der Waals surface area (Å²) >= 11 is 9.33. The van der Waals surface area contributed by atoms with Gasteiger partial charge in [-0.25, -0.2) is 0 Å². The topological polar surface area (TPSA) is 9.23 Å². The van der Waals surface area contributed by atoms with Crippen LogP contribution in [0.5, 0.6) is 0 Å². The molecule has 0 aliphatic carbocycles. The molecule has 0 spiro atoms. The van der Waals surface area contributed by atoms with Crippen LogP contribution in [0.15, 0.2) is 17.7 Å². The lowest BCUT2D eigenvalue weighted by Gasteiger charge is -2.07. The first-order chi connectivity index (χ1) is 4.34. The number of hydrogen-bond donors (Lipinski definition) is 0. The van der Waals surface area contributed by atoms with Crippen molar-refractivity contribution >= 4 is 34.5 Å². The molecular formula is C6H4OS2. The fourth-order valence-corrected chi connectivity index (χ4v) is 0.924. The van der Waals surface area contributed by atoms with Crippen molar-refractivity contribution in [1.82, 2.24) is 0 Å². The third-order valence-electron chi connectivity index (χ3n) is 0.925. The largest absolute Gasteiger partial charge is 0.478 e. The highest BCUT2D eigenvalue weighted by atomic mass is 32.1. The molecule has 3 heteroatoms. The van der Waals surface area contributed by atoms with E-state index in [0.29, 0.717) is 17.2 Å². The maximum atomic E-state index is 4.96. The molecule has 0 saturated heterocycles. The van der Waals surface area contributed by atoms with Crippen LogP contribution in [0, 0.1) is 0 Å². The number of hydrogen-bond acceptors (Lipinski definition) is 3. The fraction of sp³-hybridized carbons (Fsp3) is 0.167. The van der Waals surface area contributed by atoms with Gasteiger partial charge in [-0.15, -0.1) is 0 Å². The van der Waals surface area contributed by atoms with Gasteiger partial charge in [0.15, 0.2) is 5.05 Å². The van der Waals surface area contributed by atoms with E-state index in [0.717, 1.165) is 0 Å². The molecule has 0 saturated carbocycles. The summed E-state index contributed by atoms with van der Waals surface area (Å²) in [5.74, 6) is 0. The number of thiocarbonyl (C=S) groups is 2. The smallest absolute Gasteiger partial charge is 0.200 e. The van der Waals surface area contributed by atoms with Gasteiger partial charge in [0.1, 0.15) is 6.61 Å². The minimum atomic E-state index is 0.451. The van der Waals surface area contributed by atoms with E-state index < -0.39 is 0 Å². The predicted octanol–water partition coefficient (Wildman–Crippen LogP) is 1.43. The molecule has 1 rings (SSSR count). The monoisotopic (exact) mass is 156 g/mol. The van der Waals surface area contributed by atoms with Gasteiger partial charge in [0, 0.05) is 0 Å².